The van der Waals surface area contributed by atoms with Crippen LogP contribution in [0.25, 0.3) is 11.0 Å². The quantitative estimate of drug-likeness (QED) is 0.487. The van der Waals surface area contributed by atoms with Crippen LogP contribution in [0.4, 0.5) is 4.39 Å². The number of pyridine rings is 1. The van der Waals surface area contributed by atoms with Crippen molar-refractivity contribution in [1.82, 2.24) is 19.9 Å². The Balaban J connectivity index is 1.74. The van der Waals surface area contributed by atoms with Crippen LogP contribution in [0.1, 0.15) is 19.4 Å². The molecule has 6 nitrogen and oxygen atoms in total. The molecule has 3 aromatic rings. The maximum atomic E-state index is 13.6. The van der Waals surface area contributed by atoms with Gasteiger partial charge in [0.05, 0.1) is 11.1 Å². The molecule has 146 valence electrons. The second kappa shape index (κ2) is 8.97. The van der Waals surface area contributed by atoms with E-state index in [-0.39, 0.29) is 35.5 Å². The number of hydrogen-bond donors (Lipinski definition) is 1. The number of nitrogens with zero attached hydrogens (tertiary/aromatic N) is 3. The van der Waals surface area contributed by atoms with E-state index < -0.39 is 0 Å². The summed E-state index contributed by atoms with van der Waals surface area (Å²) in [7, 11) is 0. The van der Waals surface area contributed by atoms with E-state index in [1.807, 2.05) is 13.8 Å². The molecule has 0 bridgehead atoms. The lowest BCUT2D eigenvalue weighted by molar-refractivity contribution is -0.118. The summed E-state index contributed by atoms with van der Waals surface area (Å²) in [6.07, 6.45) is 1.58. The number of amides is 1. The van der Waals surface area contributed by atoms with Crippen molar-refractivity contribution >= 4 is 28.7 Å². The summed E-state index contributed by atoms with van der Waals surface area (Å²) in [4.78, 5) is 33.6. The van der Waals surface area contributed by atoms with E-state index in [4.69, 9.17) is 0 Å². The van der Waals surface area contributed by atoms with Crippen molar-refractivity contribution in [2.75, 3.05) is 5.75 Å². The standard InChI is InChI=1S/C20H21FN4O2S/c1-13(2)11-25-19(27)15-7-5-9-22-18(15)24-20(25)28-12-17(26)23-10-14-6-3-4-8-16(14)21/h3-9,13H,10-12H2,1-2H3,(H,23,26). The summed E-state index contributed by atoms with van der Waals surface area (Å²) >= 11 is 1.17. The van der Waals surface area contributed by atoms with Crippen LogP contribution in [-0.2, 0) is 17.9 Å². The number of aromatic nitrogens is 3. The smallest absolute Gasteiger partial charge is 0.263 e. The zero-order valence-corrected chi connectivity index (χ0v) is 16.5. The van der Waals surface area contributed by atoms with E-state index in [0.29, 0.717) is 28.3 Å². The molecule has 2 heterocycles. The normalized spacial score (nSPS) is 11.1. The molecule has 0 spiro atoms. The summed E-state index contributed by atoms with van der Waals surface area (Å²) in [5.74, 6) is -0.316. The van der Waals surface area contributed by atoms with Crippen LogP contribution in [0.15, 0.2) is 52.5 Å². The fourth-order valence-corrected chi connectivity index (χ4v) is 3.52. The van der Waals surface area contributed by atoms with Gasteiger partial charge >= 0.3 is 0 Å². The van der Waals surface area contributed by atoms with Crippen molar-refractivity contribution in [3.05, 3.63) is 64.3 Å². The van der Waals surface area contributed by atoms with E-state index in [0.717, 1.165) is 0 Å². The number of hydrogen-bond acceptors (Lipinski definition) is 5. The molecule has 28 heavy (non-hydrogen) atoms. The van der Waals surface area contributed by atoms with Crippen LogP contribution >= 0.6 is 11.8 Å². The zero-order valence-electron chi connectivity index (χ0n) is 15.7. The van der Waals surface area contributed by atoms with Crippen LogP contribution in [-0.4, -0.2) is 26.2 Å². The third-order valence-corrected chi connectivity index (χ3v) is 4.99. The maximum Gasteiger partial charge on any atom is 0.263 e. The second-order valence-corrected chi connectivity index (χ2v) is 7.68. The van der Waals surface area contributed by atoms with Crippen LogP contribution < -0.4 is 10.9 Å². The highest BCUT2D eigenvalue weighted by Gasteiger charge is 2.15. The third kappa shape index (κ3) is 4.75. The Hall–Kier alpha value is -2.74. The van der Waals surface area contributed by atoms with Gasteiger partial charge in [0.15, 0.2) is 10.8 Å². The minimum atomic E-state index is -0.358. The topological polar surface area (TPSA) is 76.9 Å². The van der Waals surface area contributed by atoms with Crippen molar-refractivity contribution in [3.63, 3.8) is 0 Å². The van der Waals surface area contributed by atoms with Crippen molar-refractivity contribution < 1.29 is 9.18 Å². The Morgan fingerprint density at radius 1 is 1.25 bits per heavy atom. The fraction of sp³-hybridized carbons (Fsp3) is 0.300. The van der Waals surface area contributed by atoms with Gasteiger partial charge in [-0.25, -0.2) is 14.4 Å². The number of rotatable bonds is 7. The summed E-state index contributed by atoms with van der Waals surface area (Å²) in [5.41, 5.74) is 0.619. The lowest BCUT2D eigenvalue weighted by Gasteiger charge is -2.14. The summed E-state index contributed by atoms with van der Waals surface area (Å²) in [5, 5.41) is 3.60. The first-order chi connectivity index (χ1) is 13.5. The van der Waals surface area contributed by atoms with Gasteiger partial charge in [0.1, 0.15) is 5.82 Å². The molecule has 8 heteroatoms. The Kier molecular flexibility index (Phi) is 6.41. The minimum absolute atomic E-state index is 0.0668. The summed E-state index contributed by atoms with van der Waals surface area (Å²) in [6, 6.07) is 9.70. The number of fused-ring (bicyclic) bond motifs is 1. The van der Waals surface area contributed by atoms with E-state index >= 15 is 0 Å². The van der Waals surface area contributed by atoms with Crippen molar-refractivity contribution in [2.45, 2.75) is 32.1 Å². The lowest BCUT2D eigenvalue weighted by atomic mass is 10.2. The molecule has 0 aliphatic rings. The van der Waals surface area contributed by atoms with Crippen LogP contribution in [0, 0.1) is 11.7 Å². The van der Waals surface area contributed by atoms with Crippen molar-refractivity contribution in [1.29, 1.82) is 0 Å². The SMILES string of the molecule is CC(C)Cn1c(SCC(=O)NCc2ccccc2F)nc2ncccc2c1=O. The summed E-state index contributed by atoms with van der Waals surface area (Å²) in [6.45, 7) is 4.62. The molecule has 0 atom stereocenters. The molecule has 2 aromatic heterocycles. The predicted molar refractivity (Wildman–Crippen MR) is 108 cm³/mol. The molecule has 1 aromatic carbocycles. The van der Waals surface area contributed by atoms with Gasteiger partial charge in [-0.15, -0.1) is 0 Å². The van der Waals surface area contributed by atoms with E-state index in [2.05, 4.69) is 15.3 Å². The average molecular weight is 400 g/mol. The molecule has 1 N–H and O–H groups in total. The second-order valence-electron chi connectivity index (χ2n) is 6.74. The van der Waals surface area contributed by atoms with Crippen molar-refractivity contribution in [3.8, 4) is 0 Å². The monoisotopic (exact) mass is 400 g/mol. The predicted octanol–water partition coefficient (Wildman–Crippen LogP) is 3.00. The van der Waals surface area contributed by atoms with E-state index in [9.17, 15) is 14.0 Å². The van der Waals surface area contributed by atoms with Gasteiger partial charge in [-0.3, -0.25) is 14.2 Å². The number of nitrogens with one attached hydrogen (secondary N) is 1. The largest absolute Gasteiger partial charge is 0.351 e. The first-order valence-corrected chi connectivity index (χ1v) is 9.92. The third-order valence-electron chi connectivity index (χ3n) is 4.01. The molecule has 0 unspecified atom stereocenters. The summed E-state index contributed by atoms with van der Waals surface area (Å²) < 4.78 is 15.2. The first-order valence-electron chi connectivity index (χ1n) is 8.94. The Labute approximate surface area is 166 Å². The van der Waals surface area contributed by atoms with Crippen LogP contribution in [0.5, 0.6) is 0 Å². The zero-order chi connectivity index (χ0) is 20.1. The molecule has 0 saturated heterocycles. The number of carbonyl (C=O) groups is 1. The number of benzene rings is 1. The van der Waals surface area contributed by atoms with Gasteiger partial charge in [-0.05, 0) is 24.1 Å². The van der Waals surface area contributed by atoms with Gasteiger partial charge < -0.3 is 5.32 Å². The van der Waals surface area contributed by atoms with Crippen LogP contribution in [0.3, 0.4) is 0 Å². The highest BCUT2D eigenvalue weighted by atomic mass is 32.2. The number of carbonyl (C=O) groups excluding carboxylic acids is 1. The molecular weight excluding hydrogens is 379 g/mol. The van der Waals surface area contributed by atoms with Crippen LogP contribution in [0.2, 0.25) is 0 Å². The minimum Gasteiger partial charge on any atom is -0.351 e. The van der Waals surface area contributed by atoms with E-state index in [1.54, 1.807) is 41.1 Å². The molecule has 0 aliphatic heterocycles. The average Bonchev–Trinajstić information content (AvgIpc) is 2.68. The molecule has 0 saturated carbocycles. The lowest BCUT2D eigenvalue weighted by Crippen LogP contribution is -2.28. The van der Waals surface area contributed by atoms with Crippen molar-refractivity contribution in [2.24, 2.45) is 5.92 Å². The highest BCUT2D eigenvalue weighted by molar-refractivity contribution is 7.99. The maximum absolute atomic E-state index is 13.6. The Morgan fingerprint density at radius 3 is 2.79 bits per heavy atom. The molecule has 0 fully saturated rings. The highest BCUT2D eigenvalue weighted by Crippen LogP contribution is 2.18. The Bertz CT molecular complexity index is 1050. The first kappa shape index (κ1) is 20.0. The van der Waals surface area contributed by atoms with Gasteiger partial charge in [0, 0.05) is 24.8 Å². The number of halogens is 1. The molecule has 3 rings (SSSR count). The molecule has 0 radical (unpaired) electrons. The molecule has 1 amide bonds. The van der Waals surface area contributed by atoms with Gasteiger partial charge in [0.2, 0.25) is 5.91 Å². The van der Waals surface area contributed by atoms with Gasteiger partial charge in [0.25, 0.3) is 5.56 Å². The van der Waals surface area contributed by atoms with Gasteiger partial charge in [-0.1, -0.05) is 43.8 Å². The Morgan fingerprint density at radius 2 is 2.04 bits per heavy atom. The fourth-order valence-electron chi connectivity index (χ4n) is 2.69. The molecular formula is C20H21FN4O2S. The van der Waals surface area contributed by atoms with E-state index in [1.165, 1.54) is 17.8 Å². The van der Waals surface area contributed by atoms with Gasteiger partial charge in [-0.2, -0.15) is 0 Å². The number of thioether (sulfide) groups is 1. The molecule has 0 aliphatic carbocycles.